The molecule has 6 N–H and O–H groups in total. The zero-order chi connectivity index (χ0) is 21.7. The number of aliphatic carboxylic acids is 1. The van der Waals surface area contributed by atoms with Gasteiger partial charge in [-0.1, -0.05) is 25.5 Å². The monoisotopic (exact) mass is 416 g/mol. The van der Waals surface area contributed by atoms with Crippen molar-refractivity contribution in [3.8, 4) is 11.8 Å². The van der Waals surface area contributed by atoms with Gasteiger partial charge in [0.2, 0.25) is 0 Å². The van der Waals surface area contributed by atoms with Crippen molar-refractivity contribution in [3.05, 3.63) is 40.3 Å². The fourth-order valence-electron chi connectivity index (χ4n) is 2.95. The third kappa shape index (κ3) is 4.69. The molecule has 1 unspecified atom stereocenters. The molecule has 1 atom stereocenters. The number of aromatic nitrogens is 4. The summed E-state index contributed by atoms with van der Waals surface area (Å²) in [6.45, 7) is 2.78. The molecule has 0 saturated carbocycles. The van der Waals surface area contributed by atoms with Crippen molar-refractivity contribution < 1.29 is 19.7 Å². The average Bonchev–Trinajstić information content (AvgIpc) is 3.02. The van der Waals surface area contributed by atoms with E-state index in [0.29, 0.717) is 17.7 Å². The molecule has 0 aliphatic rings. The fourth-order valence-corrected chi connectivity index (χ4v) is 2.95. The third-order valence-corrected chi connectivity index (χ3v) is 4.52. The van der Waals surface area contributed by atoms with Crippen LogP contribution < -0.4 is 21.5 Å². The maximum Gasteiger partial charge on any atom is 0.327 e. The van der Waals surface area contributed by atoms with E-state index < -0.39 is 17.7 Å². The molecule has 0 amide bonds. The molecule has 0 aliphatic carbocycles. The van der Waals surface area contributed by atoms with Gasteiger partial charge in [-0.3, -0.25) is 14.7 Å². The van der Waals surface area contributed by atoms with E-state index in [-0.39, 0.29) is 36.3 Å². The van der Waals surface area contributed by atoms with E-state index >= 15 is 0 Å². The molecule has 0 radical (unpaired) electrons. The predicted octanol–water partition coefficient (Wildman–Crippen LogP) is 1.00. The van der Waals surface area contributed by atoms with Gasteiger partial charge in [-0.05, 0) is 24.1 Å². The third-order valence-electron chi connectivity index (χ3n) is 4.52. The number of phenols is 1. The lowest BCUT2D eigenvalue weighted by Gasteiger charge is -2.15. The van der Waals surface area contributed by atoms with Crippen LogP contribution in [0.5, 0.6) is 11.8 Å². The number of nitrogen functional groups attached to an aromatic ring is 1. The molecule has 0 spiro atoms. The van der Waals surface area contributed by atoms with Gasteiger partial charge in [-0.25, -0.2) is 4.79 Å². The van der Waals surface area contributed by atoms with Crippen molar-refractivity contribution in [1.29, 1.82) is 0 Å². The summed E-state index contributed by atoms with van der Waals surface area (Å²) in [6, 6.07) is 4.95. The average molecular weight is 416 g/mol. The number of hydrogen-bond acceptors (Lipinski definition) is 8. The number of rotatable bonds is 10. The van der Waals surface area contributed by atoms with E-state index in [4.69, 9.17) is 10.5 Å². The van der Waals surface area contributed by atoms with Gasteiger partial charge >= 0.3 is 17.7 Å². The fraction of sp³-hybridized carbons (Fsp3) is 0.368. The lowest BCUT2D eigenvalue weighted by Crippen LogP contribution is -2.32. The number of nitrogens with two attached hydrogens (primary N) is 1. The molecule has 30 heavy (non-hydrogen) atoms. The first-order valence-corrected chi connectivity index (χ1v) is 9.54. The molecular formula is C19H24N6O5. The quantitative estimate of drug-likeness (QED) is 0.303. The van der Waals surface area contributed by atoms with Gasteiger partial charge in [0.1, 0.15) is 17.3 Å². The van der Waals surface area contributed by atoms with Crippen LogP contribution in [0.2, 0.25) is 0 Å². The van der Waals surface area contributed by atoms with Crippen molar-refractivity contribution >= 4 is 23.0 Å². The van der Waals surface area contributed by atoms with Gasteiger partial charge in [-0.15, -0.1) is 0 Å². The Balaban J connectivity index is 1.77. The number of carboxylic acids is 1. The number of ether oxygens (including phenoxy) is 1. The number of nitrogens with one attached hydrogen (secondary N) is 2. The number of H-pyrrole nitrogens is 1. The maximum absolute atomic E-state index is 12.4. The largest absolute Gasteiger partial charge is 0.508 e. The normalized spacial score (nSPS) is 12.2. The number of nitrogens with zero attached hydrogens (tertiary/aromatic N) is 3. The van der Waals surface area contributed by atoms with E-state index in [1.807, 2.05) is 6.92 Å². The molecule has 0 saturated heterocycles. The molecule has 0 aliphatic heterocycles. The second kappa shape index (κ2) is 9.27. The minimum absolute atomic E-state index is 0.0440. The van der Waals surface area contributed by atoms with Crippen molar-refractivity contribution in [1.82, 2.24) is 24.8 Å². The molecule has 1 aromatic carbocycles. The summed E-state index contributed by atoms with van der Waals surface area (Å²) in [7, 11) is 0. The zero-order valence-electron chi connectivity index (χ0n) is 16.5. The Hall–Kier alpha value is -3.60. The van der Waals surface area contributed by atoms with Gasteiger partial charge in [0.15, 0.2) is 11.5 Å². The van der Waals surface area contributed by atoms with Crippen molar-refractivity contribution in [2.75, 3.05) is 18.9 Å². The van der Waals surface area contributed by atoms with E-state index in [9.17, 15) is 19.8 Å². The number of imidazole rings is 1. The van der Waals surface area contributed by atoms with E-state index in [1.54, 1.807) is 0 Å². The number of carboxylic acid groups (broad SMARTS) is 1. The van der Waals surface area contributed by atoms with Crippen LogP contribution in [0.4, 0.5) is 5.82 Å². The molecular weight excluding hydrogens is 392 g/mol. The number of anilines is 1. The van der Waals surface area contributed by atoms with Crippen LogP contribution in [0.15, 0.2) is 29.1 Å². The molecule has 2 heterocycles. The summed E-state index contributed by atoms with van der Waals surface area (Å²) in [5.41, 5.74) is 6.55. The van der Waals surface area contributed by atoms with Crippen LogP contribution in [-0.2, 0) is 11.3 Å². The number of aromatic hydroxyl groups is 1. The Kier molecular flexibility index (Phi) is 6.52. The Morgan fingerprint density at radius 1 is 1.33 bits per heavy atom. The second-order valence-electron chi connectivity index (χ2n) is 6.69. The molecule has 0 fully saturated rings. The first-order chi connectivity index (χ1) is 14.4. The number of hydrogen-bond donors (Lipinski definition) is 5. The Morgan fingerprint density at radius 2 is 2.07 bits per heavy atom. The molecule has 0 bridgehead atoms. The molecule has 2 aromatic heterocycles. The van der Waals surface area contributed by atoms with E-state index in [1.165, 1.54) is 28.8 Å². The number of aromatic amines is 1. The summed E-state index contributed by atoms with van der Waals surface area (Å²) in [6.07, 6.45) is 1.78. The van der Waals surface area contributed by atoms with Crippen LogP contribution in [0.3, 0.4) is 0 Å². The minimum atomic E-state index is -1.08. The van der Waals surface area contributed by atoms with E-state index in [2.05, 4.69) is 20.3 Å². The number of carbonyl (C=O) groups is 1. The van der Waals surface area contributed by atoms with Crippen LogP contribution in [0.1, 0.15) is 31.4 Å². The van der Waals surface area contributed by atoms with Gasteiger partial charge < -0.3 is 25.7 Å². The molecule has 11 nitrogen and oxygen atoms in total. The Labute approximate surface area is 171 Å². The first kappa shape index (κ1) is 21.1. The number of unbranched alkanes of at least 4 members (excludes halogenated alkanes) is 1. The zero-order valence-corrected chi connectivity index (χ0v) is 16.5. The standard InChI is InChI=1S/C19H24N6O5/c1-2-3-10-30-18-23-15(20)14-16(24-18)25(19(29)22-14)9-8-21-13(17(27)28)11-4-6-12(26)7-5-11/h4-7,13,21,26H,2-3,8-10H2,1H3,(H,22,29)(H,27,28)(H2,20,23,24). The van der Waals surface area contributed by atoms with Gasteiger partial charge in [-0.2, -0.15) is 9.97 Å². The highest BCUT2D eigenvalue weighted by atomic mass is 16.5. The smallest absolute Gasteiger partial charge is 0.327 e. The predicted molar refractivity (Wildman–Crippen MR) is 109 cm³/mol. The van der Waals surface area contributed by atoms with Crippen molar-refractivity contribution in [3.63, 3.8) is 0 Å². The molecule has 160 valence electrons. The molecule has 11 heteroatoms. The summed E-state index contributed by atoms with van der Waals surface area (Å²) in [4.78, 5) is 34.9. The highest BCUT2D eigenvalue weighted by Crippen LogP contribution is 2.19. The number of fused-ring (bicyclic) bond motifs is 1. The summed E-state index contributed by atoms with van der Waals surface area (Å²) in [5.74, 6) is -0.935. The maximum atomic E-state index is 12.4. The lowest BCUT2D eigenvalue weighted by molar-refractivity contribution is -0.139. The topological polar surface area (TPSA) is 168 Å². The highest BCUT2D eigenvalue weighted by molar-refractivity contribution is 5.81. The SMILES string of the molecule is CCCCOc1nc(N)c2[nH]c(=O)n(CCNC(C(=O)O)c3ccc(O)cc3)c2n1. The van der Waals surface area contributed by atoms with Gasteiger partial charge in [0, 0.05) is 13.1 Å². The Morgan fingerprint density at radius 3 is 2.73 bits per heavy atom. The number of benzene rings is 1. The second-order valence-corrected chi connectivity index (χ2v) is 6.69. The minimum Gasteiger partial charge on any atom is -0.508 e. The lowest BCUT2D eigenvalue weighted by atomic mass is 10.1. The van der Waals surface area contributed by atoms with Crippen LogP contribution in [0.25, 0.3) is 11.2 Å². The first-order valence-electron chi connectivity index (χ1n) is 9.54. The Bertz CT molecular complexity index is 1080. The van der Waals surface area contributed by atoms with Crippen LogP contribution in [0, 0.1) is 0 Å². The summed E-state index contributed by atoms with van der Waals surface area (Å²) < 4.78 is 6.85. The van der Waals surface area contributed by atoms with Crippen molar-refractivity contribution in [2.24, 2.45) is 0 Å². The van der Waals surface area contributed by atoms with Gasteiger partial charge in [0.25, 0.3) is 0 Å². The van der Waals surface area contributed by atoms with Crippen LogP contribution >= 0.6 is 0 Å². The summed E-state index contributed by atoms with van der Waals surface area (Å²) in [5, 5.41) is 21.8. The highest BCUT2D eigenvalue weighted by Gasteiger charge is 2.20. The van der Waals surface area contributed by atoms with Gasteiger partial charge in [0.05, 0.1) is 6.61 Å². The van der Waals surface area contributed by atoms with Crippen LogP contribution in [-0.4, -0.2) is 48.9 Å². The van der Waals surface area contributed by atoms with Crippen molar-refractivity contribution in [2.45, 2.75) is 32.4 Å². The summed E-state index contributed by atoms with van der Waals surface area (Å²) >= 11 is 0. The molecule has 3 aromatic rings. The van der Waals surface area contributed by atoms with E-state index in [0.717, 1.165) is 12.8 Å². The molecule has 3 rings (SSSR count). The number of phenolic OH excluding ortho intramolecular Hbond substituents is 1.